The lowest BCUT2D eigenvalue weighted by molar-refractivity contribution is 0.102. The number of aromatic hydroxyl groups is 4. The zero-order valence-electron chi connectivity index (χ0n) is 18.2. The number of nitrogens with one attached hydrogen (secondary N) is 2. The van der Waals surface area contributed by atoms with Gasteiger partial charge in [0.25, 0.3) is 5.91 Å². The molecule has 0 aromatic heterocycles. The highest BCUT2D eigenvalue weighted by Crippen LogP contribution is 2.28. The van der Waals surface area contributed by atoms with Gasteiger partial charge in [0.05, 0.1) is 6.10 Å². The number of carbonyl (C=O) groups is 1. The summed E-state index contributed by atoms with van der Waals surface area (Å²) in [7, 11) is 0. The number of rotatable bonds is 6. The summed E-state index contributed by atoms with van der Waals surface area (Å²) in [5.41, 5.74) is 1.02. The van der Waals surface area contributed by atoms with E-state index in [2.05, 4.69) is 26.6 Å². The van der Waals surface area contributed by atoms with Gasteiger partial charge in [-0.2, -0.15) is 0 Å². The number of amides is 1. The van der Waals surface area contributed by atoms with Gasteiger partial charge in [0.1, 0.15) is 17.1 Å². The molecule has 8 nitrogen and oxygen atoms in total. The molecule has 0 saturated heterocycles. The first-order valence-corrected chi connectivity index (χ1v) is 10.9. The number of halogens is 1. The molecule has 0 aliphatic heterocycles. The van der Waals surface area contributed by atoms with Gasteiger partial charge in [0.2, 0.25) is 0 Å². The number of anilines is 1. The average molecular weight is 519 g/mol. The second-order valence-corrected chi connectivity index (χ2v) is 8.37. The maximum absolute atomic E-state index is 11.9. The van der Waals surface area contributed by atoms with Gasteiger partial charge >= 0.3 is 0 Å². The molecule has 33 heavy (non-hydrogen) atoms. The molecule has 0 aliphatic rings. The molecule has 176 valence electrons. The number of aliphatic hydroxyl groups is 1. The number of phenols is 4. The van der Waals surface area contributed by atoms with Crippen LogP contribution in [-0.2, 0) is 0 Å². The highest BCUT2D eigenvalue weighted by atomic mass is 79.9. The molecular formula is C24H27BrN2O6. The second kappa shape index (κ2) is 12.1. The molecule has 7 N–H and O–H groups in total. The van der Waals surface area contributed by atoms with Gasteiger partial charge in [-0.1, -0.05) is 41.9 Å². The Kier molecular flexibility index (Phi) is 9.53. The standard InChI is InChI=1S/C13H10BrNO3.C11H17NO3/c14-8-4-6-9(7-5-8)15-13(18)12-10(16)2-1-3-11(12)17;1-7(2)12-6-11(15)8-3-4-9(13)10(14)5-8/h1-7,16-17H,(H,15,18);3-5,7,11-15H,6H2,1-2H3. The predicted octanol–water partition coefficient (Wildman–Crippen LogP) is 4.24. The van der Waals surface area contributed by atoms with Gasteiger partial charge in [0, 0.05) is 22.7 Å². The highest BCUT2D eigenvalue weighted by molar-refractivity contribution is 9.10. The third kappa shape index (κ3) is 7.98. The molecule has 3 rings (SSSR count). The van der Waals surface area contributed by atoms with E-state index in [1.165, 1.54) is 30.3 Å². The minimum absolute atomic E-state index is 0.139. The molecule has 9 heteroatoms. The second-order valence-electron chi connectivity index (χ2n) is 7.46. The van der Waals surface area contributed by atoms with Crippen molar-refractivity contribution in [2.75, 3.05) is 11.9 Å². The Hall–Kier alpha value is -3.27. The minimum atomic E-state index is -0.682. The summed E-state index contributed by atoms with van der Waals surface area (Å²) < 4.78 is 0.894. The van der Waals surface area contributed by atoms with E-state index in [0.29, 0.717) is 23.8 Å². The zero-order valence-corrected chi connectivity index (χ0v) is 19.7. The van der Waals surface area contributed by atoms with E-state index in [-0.39, 0.29) is 28.6 Å². The highest BCUT2D eigenvalue weighted by Gasteiger charge is 2.16. The fraction of sp³-hybridized carbons (Fsp3) is 0.208. The molecule has 1 unspecified atom stereocenters. The van der Waals surface area contributed by atoms with E-state index >= 15 is 0 Å². The molecule has 0 aliphatic carbocycles. The van der Waals surface area contributed by atoms with Gasteiger partial charge in [-0.3, -0.25) is 4.79 Å². The number of hydrogen-bond donors (Lipinski definition) is 7. The Morgan fingerprint density at radius 1 is 0.879 bits per heavy atom. The van der Waals surface area contributed by atoms with Gasteiger partial charge in [-0.15, -0.1) is 0 Å². The smallest absolute Gasteiger partial charge is 0.263 e. The van der Waals surface area contributed by atoms with Crippen molar-refractivity contribution < 1.29 is 30.3 Å². The summed E-state index contributed by atoms with van der Waals surface area (Å²) in [5.74, 6) is -1.47. The van der Waals surface area contributed by atoms with Crippen LogP contribution in [0.15, 0.2) is 65.1 Å². The Morgan fingerprint density at radius 2 is 1.48 bits per heavy atom. The first kappa shape index (κ1) is 26.0. The lowest BCUT2D eigenvalue weighted by Gasteiger charge is -2.14. The molecule has 0 bridgehead atoms. The lowest BCUT2D eigenvalue weighted by Crippen LogP contribution is -2.27. The van der Waals surface area contributed by atoms with Crippen LogP contribution in [-0.4, -0.2) is 44.0 Å². The summed E-state index contributed by atoms with van der Waals surface area (Å²) in [5, 5.41) is 52.9. The van der Waals surface area contributed by atoms with E-state index in [0.717, 1.165) is 4.47 Å². The molecular weight excluding hydrogens is 492 g/mol. The van der Waals surface area contributed by atoms with E-state index in [1.807, 2.05) is 13.8 Å². The summed E-state index contributed by atoms with van der Waals surface area (Å²) >= 11 is 3.29. The first-order valence-electron chi connectivity index (χ1n) is 10.1. The maximum atomic E-state index is 11.9. The summed E-state index contributed by atoms with van der Waals surface area (Å²) in [6.45, 7) is 4.39. The van der Waals surface area contributed by atoms with Crippen LogP contribution in [0.25, 0.3) is 0 Å². The largest absolute Gasteiger partial charge is 0.507 e. The van der Waals surface area contributed by atoms with Gasteiger partial charge in [-0.05, 0) is 54.1 Å². The van der Waals surface area contributed by atoms with Crippen molar-refractivity contribution in [1.82, 2.24) is 5.32 Å². The molecule has 1 atom stereocenters. The van der Waals surface area contributed by atoms with E-state index < -0.39 is 12.0 Å². The monoisotopic (exact) mass is 518 g/mol. The van der Waals surface area contributed by atoms with Crippen molar-refractivity contribution in [1.29, 1.82) is 0 Å². The lowest BCUT2D eigenvalue weighted by atomic mass is 10.1. The molecule has 0 fully saturated rings. The zero-order chi connectivity index (χ0) is 24.5. The van der Waals surface area contributed by atoms with Crippen molar-refractivity contribution in [3.8, 4) is 23.0 Å². The number of hydrogen-bond acceptors (Lipinski definition) is 7. The van der Waals surface area contributed by atoms with E-state index in [1.54, 1.807) is 30.3 Å². The molecule has 1 amide bonds. The van der Waals surface area contributed by atoms with E-state index in [9.17, 15) is 25.2 Å². The van der Waals surface area contributed by atoms with Crippen LogP contribution >= 0.6 is 15.9 Å². The maximum Gasteiger partial charge on any atom is 0.263 e. The van der Waals surface area contributed by atoms with Crippen LogP contribution in [0.4, 0.5) is 5.69 Å². The summed E-state index contributed by atoms with van der Waals surface area (Å²) in [6, 6.07) is 15.7. The number of carbonyl (C=O) groups excluding carboxylic acids is 1. The Balaban J connectivity index is 0.000000238. The van der Waals surface area contributed by atoms with E-state index in [4.69, 9.17) is 5.11 Å². The van der Waals surface area contributed by atoms with Crippen LogP contribution in [0, 0.1) is 0 Å². The van der Waals surface area contributed by atoms with Crippen molar-refractivity contribution >= 4 is 27.5 Å². The molecule has 0 saturated carbocycles. The number of phenolic OH excluding ortho intramolecular Hbond substituents is 4. The SMILES string of the molecule is CC(C)NCC(O)c1ccc(O)c(O)c1.O=C(Nc1ccc(Br)cc1)c1c(O)cccc1O. The quantitative estimate of drug-likeness (QED) is 0.242. The number of aliphatic hydroxyl groups excluding tert-OH is 1. The normalized spacial score (nSPS) is 11.4. The minimum Gasteiger partial charge on any atom is -0.507 e. The van der Waals surface area contributed by atoms with Gasteiger partial charge < -0.3 is 36.2 Å². The van der Waals surface area contributed by atoms with Crippen LogP contribution in [0.5, 0.6) is 23.0 Å². The molecule has 0 spiro atoms. The third-order valence-corrected chi connectivity index (χ3v) is 4.98. The Labute approximate surface area is 200 Å². The Bertz CT molecular complexity index is 1050. The van der Waals surface area contributed by atoms with Crippen LogP contribution in [0.1, 0.15) is 35.9 Å². The third-order valence-electron chi connectivity index (χ3n) is 4.45. The topological polar surface area (TPSA) is 142 Å². The predicted molar refractivity (Wildman–Crippen MR) is 130 cm³/mol. The average Bonchev–Trinajstić information content (AvgIpc) is 2.76. The summed E-state index contributed by atoms with van der Waals surface area (Å²) in [4.78, 5) is 11.9. The first-order chi connectivity index (χ1) is 15.6. The van der Waals surface area contributed by atoms with Crippen LogP contribution in [0.2, 0.25) is 0 Å². The Morgan fingerprint density at radius 3 is 2.03 bits per heavy atom. The van der Waals surface area contributed by atoms with Crippen LogP contribution in [0.3, 0.4) is 0 Å². The van der Waals surface area contributed by atoms with Gasteiger partial charge in [0.15, 0.2) is 11.5 Å². The van der Waals surface area contributed by atoms with Crippen molar-refractivity contribution in [2.45, 2.75) is 26.0 Å². The fourth-order valence-electron chi connectivity index (χ4n) is 2.70. The molecule has 0 radical (unpaired) electrons. The van der Waals surface area contributed by atoms with Crippen molar-refractivity contribution in [2.24, 2.45) is 0 Å². The van der Waals surface area contributed by atoms with Crippen molar-refractivity contribution in [3.05, 3.63) is 76.3 Å². The van der Waals surface area contributed by atoms with Crippen molar-refractivity contribution in [3.63, 3.8) is 0 Å². The van der Waals surface area contributed by atoms with Gasteiger partial charge in [-0.25, -0.2) is 0 Å². The number of benzene rings is 3. The van der Waals surface area contributed by atoms with Crippen LogP contribution < -0.4 is 10.6 Å². The summed E-state index contributed by atoms with van der Waals surface area (Å²) in [6.07, 6.45) is -0.682. The molecule has 3 aromatic carbocycles. The molecule has 0 heterocycles. The molecule has 3 aromatic rings. The fourth-order valence-corrected chi connectivity index (χ4v) is 2.96.